The number of hydrogen-bond donors (Lipinski definition) is 1. The Hall–Kier alpha value is -5.60. The number of aliphatic hydroxyl groups is 1. The van der Waals surface area contributed by atoms with Crippen molar-refractivity contribution in [1.29, 1.82) is 0 Å². The quantitative estimate of drug-likeness (QED) is 0.141. The largest absolute Gasteiger partial charge is 0.469 e. The summed E-state index contributed by atoms with van der Waals surface area (Å²) in [5, 5.41) is 11.6. The molecule has 4 unspecified atom stereocenters. The number of carbonyl (C=O) groups is 3. The number of benzene rings is 3. The van der Waals surface area contributed by atoms with Gasteiger partial charge in [0.2, 0.25) is 12.7 Å². The fraction of sp³-hybridized carbons (Fsp3) is 0.350. The number of ether oxygens (including phenoxy) is 4. The third kappa shape index (κ3) is 9.55. The van der Waals surface area contributed by atoms with E-state index < -0.39 is 47.9 Å². The molecule has 4 aromatic rings. The number of esters is 2. The molecule has 1 aliphatic rings. The Labute approximate surface area is 297 Å². The van der Waals surface area contributed by atoms with Crippen LogP contribution in [0.2, 0.25) is 0 Å². The molecule has 5 rings (SSSR count). The number of aromatic nitrogens is 1. The predicted octanol–water partition coefficient (Wildman–Crippen LogP) is 5.89. The molecule has 0 saturated carbocycles. The van der Waals surface area contributed by atoms with Crippen LogP contribution in [0.3, 0.4) is 0 Å². The number of methoxy groups -OCH3 is 1. The summed E-state index contributed by atoms with van der Waals surface area (Å²) >= 11 is 0. The first kappa shape index (κ1) is 36.7. The summed E-state index contributed by atoms with van der Waals surface area (Å²) in [5.74, 6) is 3.37. The summed E-state index contributed by atoms with van der Waals surface area (Å²) in [5.41, 5.74) is 2.02. The summed E-state index contributed by atoms with van der Waals surface area (Å²) in [6.07, 6.45) is 1.59. The number of amides is 1. The zero-order valence-electron chi connectivity index (χ0n) is 29.3. The topological polar surface area (TPSA) is 138 Å². The zero-order valence-corrected chi connectivity index (χ0v) is 29.3. The summed E-state index contributed by atoms with van der Waals surface area (Å²) in [6.45, 7) is 6.82. The summed E-state index contributed by atoms with van der Waals surface area (Å²) < 4.78 is 27.4. The maximum absolute atomic E-state index is 14.4. The Bertz CT molecular complexity index is 1900. The number of nitrogens with zero attached hydrogens (tertiary/aromatic N) is 2. The molecule has 1 aliphatic heterocycles. The number of para-hydroxylation sites is 2. The van der Waals surface area contributed by atoms with Gasteiger partial charge in [-0.3, -0.25) is 14.4 Å². The Kier molecular flexibility index (Phi) is 11.8. The third-order valence-corrected chi connectivity index (χ3v) is 8.36. The molecule has 51 heavy (non-hydrogen) atoms. The highest BCUT2D eigenvalue weighted by Gasteiger charge is 2.41. The maximum Gasteiger partial charge on any atom is 0.313 e. The molecule has 266 valence electrons. The van der Waals surface area contributed by atoms with Gasteiger partial charge >= 0.3 is 11.9 Å². The Morgan fingerprint density at radius 3 is 2.47 bits per heavy atom. The normalized spacial score (nSPS) is 14.6. The van der Waals surface area contributed by atoms with Crippen LogP contribution in [0.1, 0.15) is 63.5 Å². The van der Waals surface area contributed by atoms with Gasteiger partial charge < -0.3 is 33.4 Å². The number of allylic oxidation sites excluding steroid dienone is 1. The van der Waals surface area contributed by atoms with Gasteiger partial charge in [0.1, 0.15) is 23.1 Å². The predicted molar refractivity (Wildman–Crippen MR) is 189 cm³/mol. The van der Waals surface area contributed by atoms with Crippen molar-refractivity contribution >= 4 is 35.0 Å². The van der Waals surface area contributed by atoms with Crippen LogP contribution in [0.25, 0.3) is 17.2 Å². The van der Waals surface area contributed by atoms with Gasteiger partial charge in [-0.05, 0) is 82.2 Å². The Balaban J connectivity index is 1.51. The van der Waals surface area contributed by atoms with E-state index in [9.17, 15) is 19.5 Å². The average Bonchev–Trinajstić information content (AvgIpc) is 3.76. The highest BCUT2D eigenvalue weighted by atomic mass is 16.7. The van der Waals surface area contributed by atoms with E-state index in [1.165, 1.54) is 12.0 Å². The van der Waals surface area contributed by atoms with Gasteiger partial charge in [-0.25, -0.2) is 4.98 Å². The number of carbonyl (C=O) groups excluding carboxylic acids is 3. The lowest BCUT2D eigenvalue weighted by atomic mass is 9.87. The second kappa shape index (κ2) is 16.4. The number of fused-ring (bicyclic) bond motifs is 2. The summed E-state index contributed by atoms with van der Waals surface area (Å²) in [7, 11) is 1.17. The lowest BCUT2D eigenvalue weighted by Gasteiger charge is -2.36. The fourth-order valence-corrected chi connectivity index (χ4v) is 5.73. The molecule has 1 N–H and O–H groups in total. The molecule has 1 amide bonds. The summed E-state index contributed by atoms with van der Waals surface area (Å²) in [4.78, 5) is 46.1. The van der Waals surface area contributed by atoms with Crippen molar-refractivity contribution in [3.05, 3.63) is 95.9 Å². The van der Waals surface area contributed by atoms with Crippen LogP contribution in [0, 0.1) is 17.8 Å². The van der Waals surface area contributed by atoms with Crippen LogP contribution in [0.5, 0.6) is 11.5 Å². The van der Waals surface area contributed by atoms with E-state index in [0.717, 1.165) is 16.6 Å². The van der Waals surface area contributed by atoms with Crippen molar-refractivity contribution in [2.24, 2.45) is 5.92 Å². The SMILES string of the molecule is COC(=O)CC(C(=O)OC(C)(C)C)C(O)C(=O)N(CC#Cc1ccccc1)C(C)C(C/C=C/c1nc2ccccc2o1)c1ccc2c(c1)OCO2. The summed E-state index contributed by atoms with van der Waals surface area (Å²) in [6, 6.07) is 21.7. The fourth-order valence-electron chi connectivity index (χ4n) is 5.73. The van der Waals surface area contributed by atoms with E-state index >= 15 is 0 Å². The first-order chi connectivity index (χ1) is 24.4. The molecule has 1 aromatic heterocycles. The lowest BCUT2D eigenvalue weighted by molar-refractivity contribution is -0.172. The molecule has 0 aliphatic carbocycles. The van der Waals surface area contributed by atoms with Crippen molar-refractivity contribution in [1.82, 2.24) is 9.88 Å². The number of rotatable bonds is 12. The Morgan fingerprint density at radius 1 is 1.02 bits per heavy atom. The van der Waals surface area contributed by atoms with Crippen LogP contribution in [-0.2, 0) is 23.9 Å². The molecule has 0 fully saturated rings. The van der Waals surface area contributed by atoms with Crippen LogP contribution < -0.4 is 9.47 Å². The monoisotopic (exact) mass is 694 g/mol. The van der Waals surface area contributed by atoms with Crippen LogP contribution >= 0.6 is 0 Å². The van der Waals surface area contributed by atoms with Gasteiger partial charge in [-0.15, -0.1) is 0 Å². The maximum atomic E-state index is 14.4. The molecule has 2 heterocycles. The zero-order chi connectivity index (χ0) is 36.5. The van der Waals surface area contributed by atoms with Gasteiger partial charge in [0, 0.05) is 17.5 Å². The van der Waals surface area contributed by atoms with Crippen molar-refractivity contribution < 1.29 is 42.9 Å². The number of aliphatic hydroxyl groups excluding tert-OH is 1. The average molecular weight is 695 g/mol. The van der Waals surface area contributed by atoms with Crippen molar-refractivity contribution in [3.8, 4) is 23.3 Å². The highest BCUT2D eigenvalue weighted by molar-refractivity contribution is 5.90. The van der Waals surface area contributed by atoms with E-state index in [2.05, 4.69) is 16.8 Å². The van der Waals surface area contributed by atoms with Gasteiger partial charge in [-0.1, -0.05) is 54.3 Å². The molecular formula is C40H42N2O9. The lowest BCUT2D eigenvalue weighted by Crippen LogP contribution is -2.51. The molecule has 0 spiro atoms. The van der Waals surface area contributed by atoms with Crippen molar-refractivity contribution in [2.45, 2.75) is 64.2 Å². The standard InChI is InChI=1S/C40H42N2O9/c1-26(29(28-20-21-33-34(23-28)49-25-48-33)16-11-19-35-41-31-17-9-10-18-32(31)50-35)42(22-12-15-27-13-7-6-8-14-27)38(45)37(44)30(24-36(43)47-5)39(46)51-40(2,3)4/h6-11,13-14,17-21,23,26,29-30,37,44H,16,22,24-25H2,1-5H3/b19-11+. The second-order valence-corrected chi connectivity index (χ2v) is 13.1. The molecule has 0 bridgehead atoms. The van der Waals surface area contributed by atoms with Gasteiger partial charge in [0.15, 0.2) is 17.1 Å². The van der Waals surface area contributed by atoms with E-state index in [1.54, 1.807) is 26.8 Å². The minimum atomic E-state index is -1.94. The highest BCUT2D eigenvalue weighted by Crippen LogP contribution is 2.38. The molecule has 0 radical (unpaired) electrons. The van der Waals surface area contributed by atoms with Gasteiger partial charge in [-0.2, -0.15) is 0 Å². The Morgan fingerprint density at radius 2 is 1.75 bits per heavy atom. The van der Waals surface area contributed by atoms with Gasteiger partial charge in [0.05, 0.1) is 20.1 Å². The molecule has 4 atom stereocenters. The second-order valence-electron chi connectivity index (χ2n) is 13.1. The van der Waals surface area contributed by atoms with E-state index in [0.29, 0.717) is 29.4 Å². The van der Waals surface area contributed by atoms with Crippen molar-refractivity contribution in [2.75, 3.05) is 20.4 Å². The van der Waals surface area contributed by atoms with Crippen LogP contribution in [-0.4, -0.2) is 71.0 Å². The molecule has 0 saturated heterocycles. The molecule has 11 nitrogen and oxygen atoms in total. The van der Waals surface area contributed by atoms with Gasteiger partial charge in [0.25, 0.3) is 5.91 Å². The van der Waals surface area contributed by atoms with Crippen LogP contribution in [0.4, 0.5) is 0 Å². The number of hydrogen-bond acceptors (Lipinski definition) is 10. The smallest absolute Gasteiger partial charge is 0.313 e. The minimum absolute atomic E-state index is 0.0920. The van der Waals surface area contributed by atoms with Crippen molar-refractivity contribution in [3.63, 3.8) is 0 Å². The minimum Gasteiger partial charge on any atom is -0.469 e. The molecule has 11 heteroatoms. The van der Waals surface area contributed by atoms with E-state index in [-0.39, 0.29) is 19.3 Å². The molecular weight excluding hydrogens is 652 g/mol. The third-order valence-electron chi connectivity index (χ3n) is 8.36. The number of oxazole rings is 1. The molecule has 3 aromatic carbocycles. The van der Waals surface area contributed by atoms with E-state index in [4.69, 9.17) is 23.4 Å². The van der Waals surface area contributed by atoms with Crippen LogP contribution in [0.15, 0.2) is 83.3 Å². The van der Waals surface area contributed by atoms with E-state index in [1.807, 2.05) is 85.8 Å². The first-order valence-corrected chi connectivity index (χ1v) is 16.7. The first-order valence-electron chi connectivity index (χ1n) is 16.7.